The third-order valence-corrected chi connectivity index (χ3v) is 4.60. The number of carbonyl (C=O) groups is 2. The Morgan fingerprint density at radius 1 is 1.04 bits per heavy atom. The molecule has 0 bridgehead atoms. The van der Waals surface area contributed by atoms with E-state index in [2.05, 4.69) is 34.8 Å². The quantitative estimate of drug-likeness (QED) is 0.792. The van der Waals surface area contributed by atoms with Gasteiger partial charge < -0.3 is 15.2 Å². The van der Waals surface area contributed by atoms with Gasteiger partial charge in [-0.05, 0) is 44.4 Å². The number of anilines is 1. The molecule has 0 aliphatic carbocycles. The maximum absolute atomic E-state index is 12.0. The number of carbonyl (C=O) groups excluding carboxylic acids is 2. The van der Waals surface area contributed by atoms with Crippen molar-refractivity contribution in [3.63, 3.8) is 0 Å². The monoisotopic (exact) mass is 361 g/mol. The van der Waals surface area contributed by atoms with Gasteiger partial charge in [0.05, 0.1) is 11.5 Å². The van der Waals surface area contributed by atoms with Crippen LogP contribution < -0.4 is 10.6 Å². The van der Waals surface area contributed by atoms with Crippen LogP contribution in [0.1, 0.15) is 28.0 Å². The number of nitrogens with zero attached hydrogens (tertiary/aromatic N) is 1. The van der Waals surface area contributed by atoms with Crippen LogP contribution in [-0.4, -0.2) is 28.5 Å². The third kappa shape index (κ3) is 5.94. The van der Waals surface area contributed by atoms with E-state index in [0.29, 0.717) is 18.1 Å². The number of hydrogen-bond donors (Lipinski definition) is 2. The number of benzene rings is 1. The summed E-state index contributed by atoms with van der Waals surface area (Å²) in [6, 6.07) is 5.86. The van der Waals surface area contributed by atoms with E-state index in [1.807, 2.05) is 13.8 Å². The fraction of sp³-hybridized carbons (Fsp3) is 0.389. The van der Waals surface area contributed by atoms with E-state index in [9.17, 15) is 9.59 Å². The lowest BCUT2D eigenvalue weighted by atomic mass is 10.00. The first-order valence-electron chi connectivity index (χ1n) is 7.99. The highest BCUT2D eigenvalue weighted by atomic mass is 32.2. The standard InChI is InChI=1S/C18H23N3O3S/c1-11-5-12(2)15(13(3)6-11)8-19-17(22)9-25-10-18(23)20-16-7-14(4)24-21-16/h5-7H,8-10H2,1-4H3,(H,19,22)(H,20,21,23). The van der Waals surface area contributed by atoms with E-state index in [4.69, 9.17) is 4.52 Å². The minimum absolute atomic E-state index is 0.0885. The van der Waals surface area contributed by atoms with Crippen LogP contribution in [0, 0.1) is 27.7 Å². The van der Waals surface area contributed by atoms with Gasteiger partial charge in [-0.2, -0.15) is 0 Å². The van der Waals surface area contributed by atoms with Gasteiger partial charge in [-0.3, -0.25) is 9.59 Å². The van der Waals surface area contributed by atoms with Crippen molar-refractivity contribution in [2.45, 2.75) is 34.2 Å². The molecule has 0 aliphatic heterocycles. The lowest BCUT2D eigenvalue weighted by Gasteiger charge is -2.12. The number of hydrogen-bond acceptors (Lipinski definition) is 5. The summed E-state index contributed by atoms with van der Waals surface area (Å²) < 4.78 is 4.87. The Labute approximate surface area is 151 Å². The summed E-state index contributed by atoms with van der Waals surface area (Å²) >= 11 is 1.26. The van der Waals surface area contributed by atoms with Gasteiger partial charge in [-0.25, -0.2) is 0 Å². The first kappa shape index (κ1) is 19.1. The van der Waals surface area contributed by atoms with E-state index in [0.717, 1.165) is 5.56 Å². The maximum Gasteiger partial charge on any atom is 0.235 e. The van der Waals surface area contributed by atoms with Crippen LogP contribution in [0.2, 0.25) is 0 Å². The molecule has 25 heavy (non-hydrogen) atoms. The van der Waals surface area contributed by atoms with Crippen molar-refractivity contribution >= 4 is 29.4 Å². The molecule has 0 atom stereocenters. The molecule has 0 saturated heterocycles. The second-order valence-corrected chi connectivity index (χ2v) is 7.00. The lowest BCUT2D eigenvalue weighted by Crippen LogP contribution is -2.26. The average Bonchev–Trinajstić information content (AvgIpc) is 2.91. The SMILES string of the molecule is Cc1cc(C)c(CNC(=O)CSCC(=O)Nc2cc(C)on2)c(C)c1. The number of aromatic nitrogens is 1. The van der Waals surface area contributed by atoms with E-state index in [1.165, 1.54) is 28.5 Å². The molecule has 0 fully saturated rings. The van der Waals surface area contributed by atoms with Crippen LogP contribution in [0.25, 0.3) is 0 Å². The molecule has 6 nitrogen and oxygen atoms in total. The lowest BCUT2D eigenvalue weighted by molar-refractivity contribution is -0.118. The topological polar surface area (TPSA) is 84.2 Å². The van der Waals surface area contributed by atoms with Gasteiger partial charge in [-0.15, -0.1) is 11.8 Å². The Balaban J connectivity index is 1.71. The van der Waals surface area contributed by atoms with E-state index in [-0.39, 0.29) is 23.3 Å². The van der Waals surface area contributed by atoms with Gasteiger partial charge in [0, 0.05) is 12.6 Å². The molecule has 1 aromatic heterocycles. The van der Waals surface area contributed by atoms with Gasteiger partial charge in [-0.1, -0.05) is 22.9 Å². The van der Waals surface area contributed by atoms with Crippen molar-refractivity contribution < 1.29 is 14.1 Å². The van der Waals surface area contributed by atoms with Crippen molar-refractivity contribution in [2.75, 3.05) is 16.8 Å². The molecule has 2 rings (SSSR count). The summed E-state index contributed by atoms with van der Waals surface area (Å²) in [7, 11) is 0. The molecule has 134 valence electrons. The number of amides is 2. The molecular weight excluding hydrogens is 338 g/mol. The molecule has 1 heterocycles. The Hall–Kier alpha value is -2.28. The Bertz CT molecular complexity index is 748. The predicted octanol–water partition coefficient (Wildman–Crippen LogP) is 2.90. The minimum atomic E-state index is -0.212. The average molecular weight is 361 g/mol. The summed E-state index contributed by atoms with van der Waals surface area (Å²) in [4.78, 5) is 23.7. The summed E-state index contributed by atoms with van der Waals surface area (Å²) in [6.07, 6.45) is 0. The molecule has 7 heteroatoms. The largest absolute Gasteiger partial charge is 0.360 e. The van der Waals surface area contributed by atoms with Crippen LogP contribution in [0.15, 0.2) is 22.7 Å². The molecule has 2 aromatic rings. The summed E-state index contributed by atoms with van der Waals surface area (Å²) in [6.45, 7) is 8.41. The van der Waals surface area contributed by atoms with E-state index in [1.54, 1.807) is 13.0 Å². The summed E-state index contributed by atoms with van der Waals surface area (Å²) in [5, 5.41) is 9.22. The Morgan fingerprint density at radius 3 is 2.28 bits per heavy atom. The van der Waals surface area contributed by atoms with Crippen molar-refractivity contribution in [1.82, 2.24) is 10.5 Å². The van der Waals surface area contributed by atoms with Gasteiger partial charge in [0.25, 0.3) is 0 Å². The number of thioether (sulfide) groups is 1. The van der Waals surface area contributed by atoms with Gasteiger partial charge in [0.1, 0.15) is 5.76 Å². The first-order chi connectivity index (χ1) is 11.8. The van der Waals surface area contributed by atoms with Crippen LogP contribution in [0.4, 0.5) is 5.82 Å². The Kier molecular flexibility index (Phi) is 6.64. The molecule has 1 aromatic carbocycles. The highest BCUT2D eigenvalue weighted by Crippen LogP contribution is 2.16. The van der Waals surface area contributed by atoms with Gasteiger partial charge in [0.2, 0.25) is 11.8 Å². The number of rotatable bonds is 7. The van der Waals surface area contributed by atoms with Crippen LogP contribution in [0.3, 0.4) is 0 Å². The van der Waals surface area contributed by atoms with Crippen LogP contribution >= 0.6 is 11.8 Å². The first-order valence-corrected chi connectivity index (χ1v) is 9.15. The van der Waals surface area contributed by atoms with Crippen molar-refractivity contribution in [1.29, 1.82) is 0 Å². The number of nitrogens with one attached hydrogen (secondary N) is 2. The zero-order valence-corrected chi connectivity index (χ0v) is 15.8. The van der Waals surface area contributed by atoms with Crippen molar-refractivity contribution in [2.24, 2.45) is 0 Å². The molecule has 0 aliphatic rings. The molecule has 0 spiro atoms. The number of aryl methyl sites for hydroxylation is 4. The molecule has 0 saturated carbocycles. The summed E-state index contributed by atoms with van der Waals surface area (Å²) in [5.74, 6) is 1.13. The molecular formula is C18H23N3O3S. The van der Waals surface area contributed by atoms with E-state index >= 15 is 0 Å². The summed E-state index contributed by atoms with van der Waals surface area (Å²) in [5.41, 5.74) is 4.71. The van der Waals surface area contributed by atoms with Gasteiger partial charge in [0.15, 0.2) is 5.82 Å². The van der Waals surface area contributed by atoms with Crippen LogP contribution in [-0.2, 0) is 16.1 Å². The van der Waals surface area contributed by atoms with Gasteiger partial charge >= 0.3 is 0 Å². The van der Waals surface area contributed by atoms with E-state index < -0.39 is 0 Å². The Morgan fingerprint density at radius 2 is 1.68 bits per heavy atom. The predicted molar refractivity (Wildman–Crippen MR) is 99.7 cm³/mol. The highest BCUT2D eigenvalue weighted by molar-refractivity contribution is 8.00. The molecule has 0 radical (unpaired) electrons. The fourth-order valence-corrected chi connectivity index (χ4v) is 3.21. The minimum Gasteiger partial charge on any atom is -0.360 e. The van der Waals surface area contributed by atoms with Crippen molar-refractivity contribution in [3.8, 4) is 0 Å². The zero-order valence-electron chi connectivity index (χ0n) is 14.9. The fourth-order valence-electron chi connectivity index (χ4n) is 2.57. The van der Waals surface area contributed by atoms with Crippen molar-refractivity contribution in [3.05, 3.63) is 46.2 Å². The zero-order chi connectivity index (χ0) is 18.4. The second kappa shape index (κ2) is 8.71. The van der Waals surface area contributed by atoms with Crippen LogP contribution in [0.5, 0.6) is 0 Å². The molecule has 2 amide bonds. The highest BCUT2D eigenvalue weighted by Gasteiger charge is 2.09. The molecule has 0 unspecified atom stereocenters. The maximum atomic E-state index is 12.0. The molecule has 2 N–H and O–H groups in total. The smallest absolute Gasteiger partial charge is 0.235 e. The second-order valence-electron chi connectivity index (χ2n) is 6.02. The normalized spacial score (nSPS) is 10.6. The third-order valence-electron chi connectivity index (χ3n) is 3.66.